The summed E-state index contributed by atoms with van der Waals surface area (Å²) in [4.78, 5) is 8.17. The number of ether oxygens (including phenoxy) is 2. The van der Waals surface area contributed by atoms with Crippen molar-refractivity contribution in [3.05, 3.63) is 10.6 Å². The van der Waals surface area contributed by atoms with E-state index in [0.29, 0.717) is 12.5 Å². The van der Waals surface area contributed by atoms with Crippen LogP contribution >= 0.6 is 11.3 Å². The normalized spacial score (nSPS) is 23.6. The number of anilines is 1. The first-order valence-corrected chi connectivity index (χ1v) is 7.42. The van der Waals surface area contributed by atoms with Crippen molar-refractivity contribution in [2.24, 2.45) is 5.73 Å². The Morgan fingerprint density at radius 1 is 1.32 bits per heavy atom. The number of nitrogens with two attached hydrogens (primary N) is 1. The third-order valence-corrected chi connectivity index (χ3v) is 4.69. The van der Waals surface area contributed by atoms with Gasteiger partial charge in [0.15, 0.2) is 5.13 Å². The largest absolute Gasteiger partial charge is 0.377 e. The van der Waals surface area contributed by atoms with Crippen molar-refractivity contribution in [1.82, 2.24) is 4.98 Å². The predicted molar refractivity (Wildman–Crippen MR) is 77.9 cm³/mol. The third kappa shape index (κ3) is 2.91. The van der Waals surface area contributed by atoms with E-state index in [4.69, 9.17) is 20.2 Å². The van der Waals surface area contributed by atoms with Crippen molar-refractivity contribution in [1.29, 1.82) is 0 Å². The van der Waals surface area contributed by atoms with Crippen LogP contribution in [-0.4, -0.2) is 44.5 Å². The van der Waals surface area contributed by atoms with Gasteiger partial charge in [0, 0.05) is 38.7 Å². The fourth-order valence-corrected chi connectivity index (χ4v) is 3.55. The first kappa shape index (κ1) is 14.7. The van der Waals surface area contributed by atoms with Crippen LogP contribution in [0, 0.1) is 0 Å². The lowest BCUT2D eigenvalue weighted by molar-refractivity contribution is -0.00461. The minimum Gasteiger partial charge on any atom is -0.377 e. The molecule has 2 atom stereocenters. The lowest BCUT2D eigenvalue weighted by Gasteiger charge is -2.13. The van der Waals surface area contributed by atoms with Gasteiger partial charge in [-0.2, -0.15) is 0 Å². The topological polar surface area (TPSA) is 60.6 Å². The van der Waals surface area contributed by atoms with Crippen LogP contribution in [0.3, 0.4) is 0 Å². The Balaban J connectivity index is 2.19. The summed E-state index contributed by atoms with van der Waals surface area (Å²) < 4.78 is 10.9. The van der Waals surface area contributed by atoms with Crippen LogP contribution in [0.2, 0.25) is 0 Å². The second-order valence-electron chi connectivity index (χ2n) is 5.12. The molecule has 6 heteroatoms. The number of aromatic nitrogens is 1. The average molecular weight is 285 g/mol. The maximum Gasteiger partial charge on any atom is 0.186 e. The molecule has 1 aliphatic rings. The minimum absolute atomic E-state index is 0.109. The molecule has 2 rings (SSSR count). The van der Waals surface area contributed by atoms with E-state index >= 15 is 0 Å². The Labute approximate surface area is 118 Å². The number of hydrogen-bond donors (Lipinski definition) is 1. The molecule has 0 amide bonds. The molecule has 108 valence electrons. The van der Waals surface area contributed by atoms with Crippen molar-refractivity contribution >= 4 is 16.5 Å². The van der Waals surface area contributed by atoms with E-state index in [1.807, 2.05) is 0 Å². The average Bonchev–Trinajstić information content (AvgIpc) is 3.01. The lowest BCUT2D eigenvalue weighted by Crippen LogP contribution is -2.27. The van der Waals surface area contributed by atoms with E-state index in [2.05, 4.69) is 18.7 Å². The number of thiazole rings is 1. The highest BCUT2D eigenvalue weighted by Crippen LogP contribution is 2.33. The standard InChI is InChI=1S/C13H23N3O2S/c1-8(2)12-11(5-14)19-13(15-12)16-6-9(17-3)10(7-16)18-4/h8-10H,5-7,14H2,1-4H3. The van der Waals surface area contributed by atoms with E-state index in [0.717, 1.165) is 23.9 Å². The molecule has 1 aromatic heterocycles. The first-order valence-electron chi connectivity index (χ1n) is 6.60. The van der Waals surface area contributed by atoms with Crippen molar-refractivity contribution in [2.75, 3.05) is 32.2 Å². The molecule has 0 saturated carbocycles. The Bertz CT molecular complexity index is 410. The summed E-state index contributed by atoms with van der Waals surface area (Å²) in [5, 5.41) is 1.03. The summed E-state index contributed by atoms with van der Waals surface area (Å²) in [7, 11) is 3.46. The summed E-state index contributed by atoms with van der Waals surface area (Å²) in [5.41, 5.74) is 6.93. The predicted octanol–water partition coefficient (Wildman–Crippen LogP) is 1.58. The van der Waals surface area contributed by atoms with Gasteiger partial charge < -0.3 is 20.1 Å². The summed E-state index contributed by atoms with van der Waals surface area (Å²) in [5.74, 6) is 0.405. The Morgan fingerprint density at radius 2 is 1.89 bits per heavy atom. The molecule has 0 aromatic carbocycles. The highest BCUT2D eigenvalue weighted by atomic mass is 32.1. The molecular weight excluding hydrogens is 262 g/mol. The van der Waals surface area contributed by atoms with Crippen LogP contribution < -0.4 is 10.6 Å². The zero-order valence-corrected chi connectivity index (χ0v) is 12.9. The van der Waals surface area contributed by atoms with Gasteiger partial charge in [-0.1, -0.05) is 13.8 Å². The van der Waals surface area contributed by atoms with E-state index in [-0.39, 0.29) is 12.2 Å². The smallest absolute Gasteiger partial charge is 0.186 e. The molecule has 0 bridgehead atoms. The van der Waals surface area contributed by atoms with E-state index in [1.54, 1.807) is 25.6 Å². The van der Waals surface area contributed by atoms with Crippen molar-refractivity contribution in [3.8, 4) is 0 Å². The zero-order chi connectivity index (χ0) is 14.0. The second-order valence-corrected chi connectivity index (χ2v) is 6.18. The fourth-order valence-electron chi connectivity index (χ4n) is 2.44. The van der Waals surface area contributed by atoms with Gasteiger partial charge >= 0.3 is 0 Å². The molecule has 1 fully saturated rings. The van der Waals surface area contributed by atoms with Gasteiger partial charge in [0.25, 0.3) is 0 Å². The van der Waals surface area contributed by atoms with Crippen LogP contribution in [-0.2, 0) is 16.0 Å². The van der Waals surface area contributed by atoms with Gasteiger partial charge in [-0.15, -0.1) is 11.3 Å². The molecule has 2 unspecified atom stereocenters. The minimum atomic E-state index is 0.109. The van der Waals surface area contributed by atoms with Crippen LogP contribution in [0.1, 0.15) is 30.3 Å². The fraction of sp³-hybridized carbons (Fsp3) is 0.769. The zero-order valence-electron chi connectivity index (χ0n) is 12.0. The van der Waals surface area contributed by atoms with Gasteiger partial charge in [-0.25, -0.2) is 4.98 Å². The Hall–Kier alpha value is -0.690. The Kier molecular flexibility index (Phi) is 4.78. The van der Waals surface area contributed by atoms with E-state index in [9.17, 15) is 0 Å². The summed E-state index contributed by atoms with van der Waals surface area (Å²) in [6.45, 7) is 6.50. The van der Waals surface area contributed by atoms with Crippen LogP contribution in [0.4, 0.5) is 5.13 Å². The van der Waals surface area contributed by atoms with Crippen LogP contribution in [0.15, 0.2) is 0 Å². The van der Waals surface area contributed by atoms with Gasteiger partial charge in [0.1, 0.15) is 12.2 Å². The van der Waals surface area contributed by atoms with Crippen LogP contribution in [0.5, 0.6) is 0 Å². The highest BCUT2D eigenvalue weighted by molar-refractivity contribution is 7.15. The maximum atomic E-state index is 5.81. The summed E-state index contributed by atoms with van der Waals surface area (Å²) in [6, 6.07) is 0. The quantitative estimate of drug-likeness (QED) is 0.890. The molecule has 2 N–H and O–H groups in total. The van der Waals surface area contributed by atoms with Crippen molar-refractivity contribution < 1.29 is 9.47 Å². The van der Waals surface area contributed by atoms with E-state index in [1.165, 1.54) is 4.88 Å². The third-order valence-electron chi connectivity index (χ3n) is 3.54. The monoisotopic (exact) mass is 285 g/mol. The summed E-state index contributed by atoms with van der Waals surface area (Å²) in [6.07, 6.45) is 0.218. The molecule has 2 heterocycles. The molecule has 1 saturated heterocycles. The lowest BCUT2D eigenvalue weighted by atomic mass is 10.1. The Morgan fingerprint density at radius 3 is 2.26 bits per heavy atom. The van der Waals surface area contributed by atoms with Crippen LogP contribution in [0.25, 0.3) is 0 Å². The van der Waals surface area contributed by atoms with E-state index < -0.39 is 0 Å². The molecule has 1 aliphatic heterocycles. The molecule has 1 aromatic rings. The molecule has 0 spiro atoms. The number of nitrogens with zero attached hydrogens (tertiary/aromatic N) is 2. The SMILES string of the molecule is COC1CN(c2nc(C(C)C)c(CN)s2)CC1OC. The molecule has 0 aliphatic carbocycles. The first-order chi connectivity index (χ1) is 9.10. The van der Waals surface area contributed by atoms with Gasteiger partial charge in [-0.3, -0.25) is 0 Å². The molecule has 0 radical (unpaired) electrons. The highest BCUT2D eigenvalue weighted by Gasteiger charge is 2.34. The van der Waals surface area contributed by atoms with Gasteiger partial charge in [0.2, 0.25) is 0 Å². The maximum absolute atomic E-state index is 5.81. The van der Waals surface area contributed by atoms with Gasteiger partial charge in [-0.05, 0) is 5.92 Å². The molecular formula is C13H23N3O2S. The second kappa shape index (κ2) is 6.17. The van der Waals surface area contributed by atoms with Gasteiger partial charge in [0.05, 0.1) is 5.69 Å². The van der Waals surface area contributed by atoms with Crippen molar-refractivity contribution in [3.63, 3.8) is 0 Å². The molecule has 5 nitrogen and oxygen atoms in total. The number of methoxy groups -OCH3 is 2. The molecule has 19 heavy (non-hydrogen) atoms. The summed E-state index contributed by atoms with van der Waals surface area (Å²) >= 11 is 1.69. The number of rotatable bonds is 5. The number of hydrogen-bond acceptors (Lipinski definition) is 6. The van der Waals surface area contributed by atoms with Crippen molar-refractivity contribution in [2.45, 2.75) is 38.5 Å².